The average Bonchev–Trinajstić information content (AvgIpc) is 3.27. The third kappa shape index (κ3) is 3.33. The Labute approximate surface area is 144 Å². The lowest BCUT2D eigenvalue weighted by Gasteiger charge is -2.40. The molecule has 0 aromatic carbocycles. The molecule has 24 heavy (non-hydrogen) atoms. The van der Waals surface area contributed by atoms with Crippen LogP contribution in [0.5, 0.6) is 0 Å². The highest BCUT2D eigenvalue weighted by atomic mass is 16.5. The normalized spacial score (nSPS) is 27.0. The van der Waals surface area contributed by atoms with Gasteiger partial charge in [-0.3, -0.25) is 14.7 Å². The Morgan fingerprint density at radius 2 is 2.12 bits per heavy atom. The summed E-state index contributed by atoms with van der Waals surface area (Å²) in [5.74, 6) is 0.229. The zero-order valence-corrected chi connectivity index (χ0v) is 14.3. The van der Waals surface area contributed by atoms with E-state index < -0.39 is 0 Å². The van der Waals surface area contributed by atoms with E-state index in [4.69, 9.17) is 4.74 Å². The van der Waals surface area contributed by atoms with Crippen molar-refractivity contribution in [3.8, 4) is 0 Å². The number of pyridine rings is 1. The van der Waals surface area contributed by atoms with Crippen molar-refractivity contribution in [2.45, 2.75) is 44.8 Å². The Bertz CT molecular complexity index is 563. The standard InChI is InChI=1S/C19H27N3O2/c23-18(17-4-2-12-24-17)22-10-6-19(7-11-22)5-9-21(15-19)14-16-3-1-8-20-13-16/h1,3,8,13,17H,2,4-7,9-12,14-15H2/t17-/m1/s1. The van der Waals surface area contributed by atoms with Crippen molar-refractivity contribution >= 4 is 5.91 Å². The second kappa shape index (κ2) is 6.81. The topological polar surface area (TPSA) is 45.7 Å². The maximum atomic E-state index is 12.5. The summed E-state index contributed by atoms with van der Waals surface area (Å²) in [6.07, 6.45) is 9.09. The summed E-state index contributed by atoms with van der Waals surface area (Å²) < 4.78 is 5.56. The van der Waals surface area contributed by atoms with Gasteiger partial charge in [-0.2, -0.15) is 0 Å². The van der Waals surface area contributed by atoms with Gasteiger partial charge >= 0.3 is 0 Å². The second-order valence-corrected chi connectivity index (χ2v) is 7.65. The Morgan fingerprint density at radius 1 is 1.29 bits per heavy atom. The fraction of sp³-hybridized carbons (Fsp3) is 0.684. The number of carbonyl (C=O) groups excluding carboxylic acids is 1. The van der Waals surface area contributed by atoms with Crippen LogP contribution in [0.1, 0.15) is 37.7 Å². The molecule has 3 fully saturated rings. The lowest BCUT2D eigenvalue weighted by atomic mass is 9.77. The van der Waals surface area contributed by atoms with Gasteiger partial charge in [-0.25, -0.2) is 0 Å². The van der Waals surface area contributed by atoms with Gasteiger partial charge < -0.3 is 9.64 Å². The molecule has 1 spiro atoms. The van der Waals surface area contributed by atoms with Gasteiger partial charge in [0.25, 0.3) is 5.91 Å². The molecule has 5 nitrogen and oxygen atoms in total. The second-order valence-electron chi connectivity index (χ2n) is 7.65. The summed E-state index contributed by atoms with van der Waals surface area (Å²) in [6.45, 7) is 5.86. The first-order valence-corrected chi connectivity index (χ1v) is 9.26. The highest BCUT2D eigenvalue weighted by Gasteiger charge is 2.42. The molecule has 3 aliphatic heterocycles. The highest BCUT2D eigenvalue weighted by Crippen LogP contribution is 2.41. The van der Waals surface area contributed by atoms with E-state index in [1.54, 1.807) is 0 Å². The van der Waals surface area contributed by atoms with Gasteiger partial charge in [0, 0.05) is 45.2 Å². The minimum atomic E-state index is -0.162. The number of hydrogen-bond acceptors (Lipinski definition) is 4. The van der Waals surface area contributed by atoms with E-state index in [2.05, 4.69) is 16.0 Å². The predicted molar refractivity (Wildman–Crippen MR) is 91.4 cm³/mol. The number of likely N-dealkylation sites (tertiary alicyclic amines) is 2. The molecule has 0 N–H and O–H groups in total. The first kappa shape index (κ1) is 16.0. The van der Waals surface area contributed by atoms with Crippen LogP contribution in [0.3, 0.4) is 0 Å². The number of piperidine rings is 1. The van der Waals surface area contributed by atoms with Crippen molar-refractivity contribution in [3.05, 3.63) is 30.1 Å². The van der Waals surface area contributed by atoms with E-state index in [1.165, 1.54) is 12.0 Å². The molecule has 4 heterocycles. The zero-order chi connectivity index (χ0) is 16.4. The molecule has 3 saturated heterocycles. The summed E-state index contributed by atoms with van der Waals surface area (Å²) in [5, 5.41) is 0. The lowest BCUT2D eigenvalue weighted by Crippen LogP contribution is -2.47. The fourth-order valence-electron chi connectivity index (χ4n) is 4.50. The first-order valence-electron chi connectivity index (χ1n) is 9.26. The number of aromatic nitrogens is 1. The summed E-state index contributed by atoms with van der Waals surface area (Å²) in [4.78, 5) is 21.3. The summed E-state index contributed by atoms with van der Waals surface area (Å²) in [5.41, 5.74) is 1.70. The van der Waals surface area contributed by atoms with Crippen molar-refractivity contribution in [3.63, 3.8) is 0 Å². The predicted octanol–water partition coefficient (Wildman–Crippen LogP) is 2.08. The van der Waals surface area contributed by atoms with Crippen LogP contribution in [0.4, 0.5) is 0 Å². The maximum Gasteiger partial charge on any atom is 0.251 e. The average molecular weight is 329 g/mol. The van der Waals surface area contributed by atoms with Gasteiger partial charge in [0.15, 0.2) is 0 Å². The number of nitrogens with zero attached hydrogens (tertiary/aromatic N) is 3. The molecule has 1 aromatic rings. The SMILES string of the molecule is O=C([C@H]1CCCO1)N1CCC2(CCN(Cc3cccnc3)C2)CC1. The number of carbonyl (C=O) groups is 1. The quantitative estimate of drug-likeness (QED) is 0.852. The zero-order valence-electron chi connectivity index (χ0n) is 14.3. The lowest BCUT2D eigenvalue weighted by molar-refractivity contribution is -0.143. The molecule has 3 aliphatic rings. The van der Waals surface area contributed by atoms with Gasteiger partial charge in [0.2, 0.25) is 0 Å². The van der Waals surface area contributed by atoms with Crippen molar-refractivity contribution in [2.75, 3.05) is 32.8 Å². The summed E-state index contributed by atoms with van der Waals surface area (Å²) in [7, 11) is 0. The van der Waals surface area contributed by atoms with Crippen LogP contribution in [-0.4, -0.2) is 59.6 Å². The molecule has 1 aromatic heterocycles. The Morgan fingerprint density at radius 3 is 2.83 bits per heavy atom. The highest BCUT2D eigenvalue weighted by molar-refractivity contribution is 5.81. The van der Waals surface area contributed by atoms with Crippen LogP contribution < -0.4 is 0 Å². The van der Waals surface area contributed by atoms with Crippen molar-refractivity contribution in [2.24, 2.45) is 5.41 Å². The van der Waals surface area contributed by atoms with E-state index in [0.29, 0.717) is 5.41 Å². The molecule has 0 bridgehead atoms. The smallest absolute Gasteiger partial charge is 0.251 e. The molecule has 5 heteroatoms. The minimum absolute atomic E-state index is 0.162. The Kier molecular flexibility index (Phi) is 4.55. The van der Waals surface area contributed by atoms with Crippen molar-refractivity contribution in [1.82, 2.24) is 14.8 Å². The Balaban J connectivity index is 1.30. The number of hydrogen-bond donors (Lipinski definition) is 0. The molecule has 0 aliphatic carbocycles. The van der Waals surface area contributed by atoms with Gasteiger partial charge in [0.1, 0.15) is 6.10 Å². The van der Waals surface area contributed by atoms with Crippen LogP contribution in [0.25, 0.3) is 0 Å². The fourth-order valence-corrected chi connectivity index (χ4v) is 4.50. The minimum Gasteiger partial charge on any atom is -0.368 e. The van der Waals surface area contributed by atoms with E-state index >= 15 is 0 Å². The van der Waals surface area contributed by atoms with E-state index in [0.717, 1.165) is 65.0 Å². The van der Waals surface area contributed by atoms with Gasteiger partial charge in [-0.05, 0) is 55.7 Å². The monoisotopic (exact) mass is 329 g/mol. The molecule has 0 radical (unpaired) electrons. The van der Waals surface area contributed by atoms with Gasteiger partial charge in [-0.1, -0.05) is 6.07 Å². The molecule has 0 saturated carbocycles. The number of amides is 1. The van der Waals surface area contributed by atoms with Crippen LogP contribution in [-0.2, 0) is 16.1 Å². The third-order valence-corrected chi connectivity index (χ3v) is 5.99. The summed E-state index contributed by atoms with van der Waals surface area (Å²) in [6, 6.07) is 4.16. The first-order chi connectivity index (χ1) is 11.7. The number of rotatable bonds is 3. The van der Waals surface area contributed by atoms with Crippen LogP contribution in [0, 0.1) is 5.41 Å². The van der Waals surface area contributed by atoms with Gasteiger partial charge in [0.05, 0.1) is 0 Å². The van der Waals surface area contributed by atoms with E-state index in [9.17, 15) is 4.79 Å². The van der Waals surface area contributed by atoms with E-state index in [1.807, 2.05) is 23.4 Å². The molecule has 130 valence electrons. The molecule has 1 amide bonds. The van der Waals surface area contributed by atoms with Gasteiger partial charge in [-0.15, -0.1) is 0 Å². The molecule has 0 unspecified atom stereocenters. The summed E-state index contributed by atoms with van der Waals surface area (Å²) >= 11 is 0. The largest absolute Gasteiger partial charge is 0.368 e. The van der Waals surface area contributed by atoms with Crippen LogP contribution in [0.15, 0.2) is 24.5 Å². The third-order valence-electron chi connectivity index (χ3n) is 5.99. The van der Waals surface area contributed by atoms with Crippen molar-refractivity contribution in [1.29, 1.82) is 0 Å². The van der Waals surface area contributed by atoms with Crippen LogP contribution >= 0.6 is 0 Å². The Hall–Kier alpha value is -1.46. The van der Waals surface area contributed by atoms with Crippen molar-refractivity contribution < 1.29 is 9.53 Å². The molecule has 4 rings (SSSR count). The number of ether oxygens (including phenoxy) is 1. The van der Waals surface area contributed by atoms with Crippen LogP contribution in [0.2, 0.25) is 0 Å². The molecule has 1 atom stereocenters. The molecular weight excluding hydrogens is 302 g/mol. The molecular formula is C19H27N3O2. The van der Waals surface area contributed by atoms with E-state index in [-0.39, 0.29) is 12.0 Å². The maximum absolute atomic E-state index is 12.5.